The van der Waals surface area contributed by atoms with Crippen LogP contribution in [0.5, 0.6) is 5.75 Å². The first-order valence-corrected chi connectivity index (χ1v) is 5.25. The van der Waals surface area contributed by atoms with Crippen molar-refractivity contribution >= 4 is 5.78 Å². The van der Waals surface area contributed by atoms with Gasteiger partial charge in [-0.1, -0.05) is 42.5 Å². The van der Waals surface area contributed by atoms with Gasteiger partial charge in [0.05, 0.1) is 5.56 Å². The van der Waals surface area contributed by atoms with E-state index < -0.39 is 6.79 Å². The zero-order valence-corrected chi connectivity index (χ0v) is 12.2. The first-order valence-electron chi connectivity index (χ1n) is 5.25. The molecule has 86 valence electrons. The molecular weight excluding hydrogens is 239 g/mol. The molecule has 0 saturated carbocycles. The molecule has 0 amide bonds. The predicted octanol–water partition coefficient (Wildman–Crippen LogP) is -0.750. The minimum atomic E-state index is -0.445. The maximum atomic E-state index is 12.2. The number of rotatable bonds is 4. The average molecular weight is 251 g/mol. The van der Waals surface area contributed by atoms with Crippen molar-refractivity contribution in [2.75, 3.05) is 6.79 Å². The van der Waals surface area contributed by atoms with Crippen LogP contribution < -0.4 is 34.3 Å². The summed E-state index contributed by atoms with van der Waals surface area (Å²) in [5.41, 5.74) is 1.05. The van der Waals surface area contributed by atoms with Crippen LogP contribution in [-0.2, 0) is 0 Å². The molecule has 0 aliphatic heterocycles. The monoisotopic (exact) mass is 251 g/mol. The van der Waals surface area contributed by atoms with Gasteiger partial charge in [-0.25, -0.2) is 0 Å². The Hall–Kier alpha value is -1.13. The fourth-order valence-corrected chi connectivity index (χ4v) is 1.59. The number of aliphatic hydroxyl groups excluding tert-OH is 1. The van der Waals surface area contributed by atoms with Gasteiger partial charge in [0.25, 0.3) is 0 Å². The van der Waals surface area contributed by atoms with Crippen LogP contribution in [0.3, 0.4) is 0 Å². The summed E-state index contributed by atoms with van der Waals surface area (Å²) in [5, 5.41) is 8.76. The SMILES string of the molecule is O=C(c1ccccc1)c1ccccc1OCO.[Na+]. The second-order valence-corrected chi connectivity index (χ2v) is 3.46. The van der Waals surface area contributed by atoms with Crippen LogP contribution in [0.1, 0.15) is 15.9 Å². The van der Waals surface area contributed by atoms with Gasteiger partial charge in [-0.05, 0) is 12.1 Å². The summed E-state index contributed by atoms with van der Waals surface area (Å²) in [6, 6.07) is 15.8. The van der Waals surface area contributed by atoms with Crippen LogP contribution >= 0.6 is 0 Å². The number of carbonyl (C=O) groups is 1. The van der Waals surface area contributed by atoms with E-state index in [1.165, 1.54) is 0 Å². The third kappa shape index (κ3) is 3.43. The quantitative estimate of drug-likeness (QED) is 0.442. The van der Waals surface area contributed by atoms with Gasteiger partial charge in [-0.2, -0.15) is 0 Å². The largest absolute Gasteiger partial charge is 1.00 e. The van der Waals surface area contributed by atoms with Crippen molar-refractivity contribution in [3.8, 4) is 5.75 Å². The second kappa shape index (κ2) is 7.34. The molecule has 0 bridgehead atoms. The molecule has 0 radical (unpaired) electrons. The summed E-state index contributed by atoms with van der Waals surface area (Å²) in [7, 11) is 0. The van der Waals surface area contributed by atoms with E-state index >= 15 is 0 Å². The van der Waals surface area contributed by atoms with E-state index in [1.54, 1.807) is 36.4 Å². The number of hydrogen-bond donors (Lipinski definition) is 1. The van der Waals surface area contributed by atoms with Crippen molar-refractivity contribution in [3.63, 3.8) is 0 Å². The molecule has 0 aliphatic rings. The summed E-state index contributed by atoms with van der Waals surface area (Å²) >= 11 is 0. The minimum absolute atomic E-state index is 0. The molecule has 0 spiro atoms. The van der Waals surface area contributed by atoms with Crippen LogP contribution in [0, 0.1) is 0 Å². The minimum Gasteiger partial charge on any atom is -0.467 e. The maximum Gasteiger partial charge on any atom is 1.00 e. The Morgan fingerprint density at radius 2 is 1.61 bits per heavy atom. The topological polar surface area (TPSA) is 46.5 Å². The van der Waals surface area contributed by atoms with Gasteiger partial charge in [0, 0.05) is 5.56 Å². The van der Waals surface area contributed by atoms with E-state index in [9.17, 15) is 4.79 Å². The Bertz CT molecular complexity index is 511. The first kappa shape index (κ1) is 14.9. The first-order chi connectivity index (χ1) is 8.33. The number of ketones is 1. The van der Waals surface area contributed by atoms with Crippen molar-refractivity contribution in [2.24, 2.45) is 0 Å². The van der Waals surface area contributed by atoms with Crippen molar-refractivity contribution in [1.82, 2.24) is 0 Å². The molecule has 3 nitrogen and oxygen atoms in total. The number of carbonyl (C=O) groups excluding carboxylic acids is 1. The summed E-state index contributed by atoms with van der Waals surface area (Å²) in [4.78, 5) is 12.2. The van der Waals surface area contributed by atoms with Crippen LogP contribution in [0.4, 0.5) is 0 Å². The van der Waals surface area contributed by atoms with E-state index in [2.05, 4.69) is 0 Å². The molecule has 0 aliphatic carbocycles. The number of para-hydroxylation sites is 1. The molecule has 1 N–H and O–H groups in total. The Labute approximate surface area is 128 Å². The van der Waals surface area contributed by atoms with Crippen LogP contribution in [-0.4, -0.2) is 17.7 Å². The van der Waals surface area contributed by atoms with Crippen molar-refractivity contribution in [1.29, 1.82) is 0 Å². The molecule has 18 heavy (non-hydrogen) atoms. The Balaban J connectivity index is 0.00000162. The maximum absolute atomic E-state index is 12.2. The Morgan fingerprint density at radius 3 is 2.28 bits per heavy atom. The van der Waals surface area contributed by atoms with Gasteiger partial charge in [0.2, 0.25) is 0 Å². The van der Waals surface area contributed by atoms with Crippen molar-refractivity contribution < 1.29 is 44.2 Å². The predicted molar refractivity (Wildman–Crippen MR) is 64.0 cm³/mol. The standard InChI is InChI=1S/C14H12O3.Na/c15-10-17-13-9-5-4-8-12(13)14(16)11-6-2-1-3-7-11;/h1-9,15H,10H2;/q;+1. The van der Waals surface area contributed by atoms with E-state index in [4.69, 9.17) is 9.84 Å². The zero-order valence-electron chi connectivity index (χ0n) is 10.2. The van der Waals surface area contributed by atoms with Gasteiger partial charge >= 0.3 is 29.6 Å². The molecule has 4 heteroatoms. The molecular formula is C14H12NaO3+. The van der Waals surface area contributed by atoms with Crippen LogP contribution in [0.15, 0.2) is 54.6 Å². The van der Waals surface area contributed by atoms with Crippen LogP contribution in [0.25, 0.3) is 0 Å². The van der Waals surface area contributed by atoms with Gasteiger partial charge < -0.3 is 9.84 Å². The number of ether oxygens (including phenoxy) is 1. The van der Waals surface area contributed by atoms with Crippen LogP contribution in [0.2, 0.25) is 0 Å². The van der Waals surface area contributed by atoms with E-state index in [0.717, 1.165) is 0 Å². The molecule has 0 atom stereocenters. The van der Waals surface area contributed by atoms with E-state index in [0.29, 0.717) is 16.9 Å². The van der Waals surface area contributed by atoms with E-state index in [1.807, 2.05) is 18.2 Å². The zero-order chi connectivity index (χ0) is 12.1. The third-order valence-corrected chi connectivity index (χ3v) is 2.39. The molecule has 2 aromatic carbocycles. The molecule has 0 fully saturated rings. The molecule has 2 aromatic rings. The summed E-state index contributed by atoms with van der Waals surface area (Å²) < 4.78 is 5.01. The smallest absolute Gasteiger partial charge is 0.467 e. The molecule has 2 rings (SSSR count). The fourth-order valence-electron chi connectivity index (χ4n) is 1.59. The molecule has 0 aromatic heterocycles. The van der Waals surface area contributed by atoms with Gasteiger partial charge in [-0.3, -0.25) is 4.79 Å². The third-order valence-electron chi connectivity index (χ3n) is 2.39. The van der Waals surface area contributed by atoms with Crippen molar-refractivity contribution in [2.45, 2.75) is 0 Å². The Kier molecular flexibility index (Phi) is 6.09. The Morgan fingerprint density at radius 1 is 1.00 bits per heavy atom. The normalized spacial score (nSPS) is 9.39. The van der Waals surface area contributed by atoms with Gasteiger partial charge in [0.1, 0.15) is 5.75 Å². The van der Waals surface area contributed by atoms with Crippen molar-refractivity contribution in [3.05, 3.63) is 65.7 Å². The fraction of sp³-hybridized carbons (Fsp3) is 0.0714. The van der Waals surface area contributed by atoms with Gasteiger partial charge in [-0.15, -0.1) is 0 Å². The molecule has 0 unspecified atom stereocenters. The summed E-state index contributed by atoms with van der Waals surface area (Å²) in [6.07, 6.45) is 0. The summed E-state index contributed by atoms with van der Waals surface area (Å²) in [5.74, 6) is 0.276. The van der Waals surface area contributed by atoms with Gasteiger partial charge in [0.15, 0.2) is 12.6 Å². The number of hydrogen-bond acceptors (Lipinski definition) is 3. The second-order valence-electron chi connectivity index (χ2n) is 3.46. The average Bonchev–Trinajstić information content (AvgIpc) is 2.40. The number of aliphatic hydroxyl groups is 1. The van der Waals surface area contributed by atoms with E-state index in [-0.39, 0.29) is 35.3 Å². The molecule has 0 saturated heterocycles. The summed E-state index contributed by atoms with van der Waals surface area (Å²) in [6.45, 7) is -0.445. The number of benzene rings is 2. The molecule has 0 heterocycles.